The Morgan fingerprint density at radius 3 is 2.52 bits per heavy atom. The molecular formula is C22H29N5O2. The maximum atomic E-state index is 13.0. The van der Waals surface area contributed by atoms with Crippen molar-refractivity contribution in [3.05, 3.63) is 53.9 Å². The molecule has 1 aromatic carbocycles. The molecule has 1 N–H and O–H groups in total. The molecule has 2 heterocycles. The van der Waals surface area contributed by atoms with Gasteiger partial charge < -0.3 is 5.32 Å². The first kappa shape index (κ1) is 19.6. The predicted molar refractivity (Wildman–Crippen MR) is 110 cm³/mol. The minimum absolute atomic E-state index is 0.0592. The van der Waals surface area contributed by atoms with Crippen LogP contribution in [-0.2, 0) is 17.9 Å². The number of aromatic nitrogens is 2. The van der Waals surface area contributed by atoms with E-state index in [1.54, 1.807) is 0 Å². The van der Waals surface area contributed by atoms with Crippen LogP contribution in [0.2, 0.25) is 0 Å². The molecule has 1 aliphatic heterocycles. The van der Waals surface area contributed by atoms with Gasteiger partial charge in [0, 0.05) is 18.3 Å². The van der Waals surface area contributed by atoms with Gasteiger partial charge >= 0.3 is 6.03 Å². The first-order chi connectivity index (χ1) is 14.1. The predicted octanol–water partition coefficient (Wildman–Crippen LogP) is 2.97. The number of carbonyl (C=O) groups excluding carboxylic acids is 2. The Kier molecular flexibility index (Phi) is 5.67. The number of nitrogens with zero attached hydrogens (tertiary/aromatic N) is 4. The molecule has 2 aromatic rings. The number of benzene rings is 1. The van der Waals surface area contributed by atoms with Crippen molar-refractivity contribution in [2.24, 2.45) is 0 Å². The molecule has 2 fully saturated rings. The maximum absolute atomic E-state index is 13.0. The van der Waals surface area contributed by atoms with E-state index in [1.165, 1.54) is 10.5 Å². The van der Waals surface area contributed by atoms with Crippen molar-refractivity contribution in [2.45, 2.75) is 57.2 Å². The molecule has 1 saturated heterocycles. The average Bonchev–Trinajstić information content (AvgIpc) is 3.11. The number of hydrogen-bond donors (Lipinski definition) is 1. The normalized spacial score (nSPS) is 19.0. The Morgan fingerprint density at radius 2 is 1.79 bits per heavy atom. The van der Waals surface area contributed by atoms with Crippen molar-refractivity contribution < 1.29 is 9.59 Å². The van der Waals surface area contributed by atoms with Crippen LogP contribution in [0.25, 0.3) is 0 Å². The third-order valence-electron chi connectivity index (χ3n) is 5.91. The van der Waals surface area contributed by atoms with Crippen LogP contribution >= 0.6 is 0 Å². The lowest BCUT2D eigenvalue weighted by Gasteiger charge is -2.26. The van der Waals surface area contributed by atoms with Crippen LogP contribution in [0.1, 0.15) is 49.7 Å². The van der Waals surface area contributed by atoms with Crippen LogP contribution < -0.4 is 5.32 Å². The van der Waals surface area contributed by atoms with Crippen molar-refractivity contribution in [1.82, 2.24) is 24.9 Å². The van der Waals surface area contributed by atoms with Crippen molar-refractivity contribution in [3.8, 4) is 0 Å². The first-order valence-corrected chi connectivity index (χ1v) is 10.4. The summed E-state index contributed by atoms with van der Waals surface area (Å²) in [4.78, 5) is 28.9. The number of hydrogen-bond acceptors (Lipinski definition) is 4. The van der Waals surface area contributed by atoms with Gasteiger partial charge in [-0.15, -0.1) is 0 Å². The summed E-state index contributed by atoms with van der Waals surface area (Å²) in [6.45, 7) is 1.63. The molecule has 7 heteroatoms. The monoisotopic (exact) mass is 395 g/mol. The van der Waals surface area contributed by atoms with E-state index in [-0.39, 0.29) is 18.6 Å². The van der Waals surface area contributed by atoms with Crippen LogP contribution in [0.15, 0.2) is 42.7 Å². The van der Waals surface area contributed by atoms with Crippen molar-refractivity contribution in [1.29, 1.82) is 0 Å². The molecule has 1 aromatic heterocycles. The lowest BCUT2D eigenvalue weighted by molar-refractivity contribution is -0.133. The third-order valence-corrected chi connectivity index (χ3v) is 5.91. The highest BCUT2D eigenvalue weighted by molar-refractivity contribution is 6.07. The fourth-order valence-electron chi connectivity index (χ4n) is 4.42. The summed E-state index contributed by atoms with van der Waals surface area (Å²) < 4.78 is 1.91. The van der Waals surface area contributed by atoms with Gasteiger partial charge in [0.15, 0.2) is 0 Å². The Hall–Kier alpha value is -2.67. The van der Waals surface area contributed by atoms with Gasteiger partial charge in [-0.3, -0.25) is 14.4 Å². The summed E-state index contributed by atoms with van der Waals surface area (Å²) in [5.74, 6) is -0.0592. The van der Waals surface area contributed by atoms with Crippen LogP contribution in [0.4, 0.5) is 4.79 Å². The van der Waals surface area contributed by atoms with E-state index >= 15 is 0 Å². The quantitative estimate of drug-likeness (QED) is 0.764. The Morgan fingerprint density at radius 1 is 1.07 bits per heavy atom. The fraction of sp³-hybridized carbons (Fsp3) is 0.500. The van der Waals surface area contributed by atoms with E-state index < -0.39 is 5.54 Å². The molecule has 154 valence electrons. The number of urea groups is 1. The molecule has 1 aliphatic carbocycles. The molecule has 3 amide bonds. The molecule has 4 rings (SSSR count). The zero-order chi connectivity index (χ0) is 20.3. The number of nitrogens with one attached hydrogen (secondary N) is 1. The van der Waals surface area contributed by atoms with Gasteiger partial charge in [-0.2, -0.15) is 5.10 Å². The van der Waals surface area contributed by atoms with E-state index in [9.17, 15) is 9.59 Å². The van der Waals surface area contributed by atoms with E-state index in [2.05, 4.69) is 22.5 Å². The zero-order valence-corrected chi connectivity index (χ0v) is 17.0. The largest absolute Gasteiger partial charge is 0.326 e. The molecular weight excluding hydrogens is 366 g/mol. The van der Waals surface area contributed by atoms with Gasteiger partial charge in [0.25, 0.3) is 5.91 Å². The van der Waals surface area contributed by atoms with E-state index in [0.717, 1.165) is 50.6 Å². The summed E-state index contributed by atoms with van der Waals surface area (Å²) in [7, 11) is 1.92. The molecule has 0 unspecified atom stereocenters. The SMILES string of the molecule is CN(Cc1cnn(Cc2ccccc2)c1)CN1C(=O)NC2(CCCCCC2)C1=O. The molecule has 29 heavy (non-hydrogen) atoms. The van der Waals surface area contributed by atoms with Crippen molar-refractivity contribution in [3.63, 3.8) is 0 Å². The Bertz CT molecular complexity index is 855. The maximum Gasteiger partial charge on any atom is 0.326 e. The molecule has 1 saturated carbocycles. The van der Waals surface area contributed by atoms with Gasteiger partial charge in [0.2, 0.25) is 0 Å². The van der Waals surface area contributed by atoms with E-state index in [1.807, 2.05) is 47.2 Å². The molecule has 7 nitrogen and oxygen atoms in total. The molecule has 0 bridgehead atoms. The summed E-state index contributed by atoms with van der Waals surface area (Å²) >= 11 is 0. The molecule has 0 atom stereocenters. The van der Waals surface area contributed by atoms with Crippen molar-refractivity contribution >= 4 is 11.9 Å². The van der Waals surface area contributed by atoms with Gasteiger partial charge in [-0.25, -0.2) is 9.69 Å². The zero-order valence-electron chi connectivity index (χ0n) is 17.0. The second kappa shape index (κ2) is 8.37. The first-order valence-electron chi connectivity index (χ1n) is 10.4. The lowest BCUT2D eigenvalue weighted by atomic mass is 9.90. The summed E-state index contributed by atoms with van der Waals surface area (Å²) in [5.41, 5.74) is 1.58. The van der Waals surface area contributed by atoms with E-state index in [0.29, 0.717) is 6.54 Å². The Labute approximate surface area is 171 Å². The van der Waals surface area contributed by atoms with Gasteiger partial charge in [0.05, 0.1) is 19.4 Å². The van der Waals surface area contributed by atoms with Crippen LogP contribution in [0.3, 0.4) is 0 Å². The number of amides is 3. The van der Waals surface area contributed by atoms with Gasteiger partial charge in [-0.05, 0) is 25.5 Å². The van der Waals surface area contributed by atoms with Crippen LogP contribution in [0.5, 0.6) is 0 Å². The highest BCUT2D eigenvalue weighted by Crippen LogP contribution is 2.32. The summed E-state index contributed by atoms with van der Waals surface area (Å²) in [6, 6.07) is 9.94. The van der Waals surface area contributed by atoms with Crippen molar-refractivity contribution in [2.75, 3.05) is 13.7 Å². The Balaban J connectivity index is 1.35. The van der Waals surface area contributed by atoms with Gasteiger partial charge in [0.1, 0.15) is 5.54 Å². The highest BCUT2D eigenvalue weighted by Gasteiger charge is 2.50. The third kappa shape index (κ3) is 4.34. The minimum Gasteiger partial charge on any atom is -0.323 e. The minimum atomic E-state index is -0.672. The topological polar surface area (TPSA) is 70.5 Å². The second-order valence-corrected chi connectivity index (χ2v) is 8.35. The summed E-state index contributed by atoms with van der Waals surface area (Å²) in [6.07, 6.45) is 9.64. The van der Waals surface area contributed by atoms with Crippen LogP contribution in [-0.4, -0.2) is 50.8 Å². The second-order valence-electron chi connectivity index (χ2n) is 8.35. The molecule has 1 spiro atoms. The number of carbonyl (C=O) groups is 2. The van der Waals surface area contributed by atoms with Crippen LogP contribution in [0, 0.1) is 0 Å². The fourth-order valence-corrected chi connectivity index (χ4v) is 4.42. The smallest absolute Gasteiger partial charge is 0.323 e. The summed E-state index contributed by atoms with van der Waals surface area (Å²) in [5, 5.41) is 7.44. The number of rotatable bonds is 6. The average molecular weight is 396 g/mol. The standard InChI is InChI=1S/C22H29N5O2/c1-25(14-19-13-23-26(16-19)15-18-9-5-4-6-10-18)17-27-20(28)22(24-21(27)29)11-7-2-3-8-12-22/h4-6,9-10,13,16H,2-3,7-8,11-12,14-15,17H2,1H3,(H,24,29). The van der Waals surface area contributed by atoms with E-state index in [4.69, 9.17) is 0 Å². The molecule has 0 radical (unpaired) electrons. The number of imide groups is 1. The highest BCUT2D eigenvalue weighted by atomic mass is 16.2. The van der Waals surface area contributed by atoms with Gasteiger partial charge in [-0.1, -0.05) is 56.0 Å². The lowest BCUT2D eigenvalue weighted by Crippen LogP contribution is -2.47. The molecule has 2 aliphatic rings.